The maximum atomic E-state index is 13.2. The Morgan fingerprint density at radius 2 is 1.60 bits per heavy atom. The van der Waals surface area contributed by atoms with Gasteiger partial charge in [-0.1, -0.05) is 41.2 Å². The third kappa shape index (κ3) is 4.32. The molecule has 5 saturated carbocycles. The summed E-state index contributed by atoms with van der Waals surface area (Å²) in [5.74, 6) is 0.0681. The third-order valence-corrected chi connectivity index (χ3v) is 15.3. The van der Waals surface area contributed by atoms with Gasteiger partial charge in [-0.15, -0.1) is 0 Å². The Kier molecular flexibility index (Phi) is 8.07. The van der Waals surface area contributed by atoms with E-state index in [1.54, 1.807) is 6.92 Å². The van der Waals surface area contributed by atoms with Gasteiger partial charge in [0.05, 0.1) is 24.2 Å². The molecule has 6 aliphatic rings. The molecule has 0 radical (unpaired) electrons. The molecule has 6 fully saturated rings. The number of fused-ring (bicyclic) bond motifs is 2. The van der Waals surface area contributed by atoms with E-state index in [4.69, 9.17) is 9.47 Å². The van der Waals surface area contributed by atoms with Crippen LogP contribution in [0.5, 0.6) is 0 Å². The van der Waals surface area contributed by atoms with Crippen molar-refractivity contribution < 1.29 is 44.6 Å². The van der Waals surface area contributed by atoms with Crippen molar-refractivity contribution in [3.63, 3.8) is 0 Å². The summed E-state index contributed by atoms with van der Waals surface area (Å²) in [4.78, 5) is 26.3. The molecule has 6 rings (SSSR count). The number of rotatable bonds is 8. The number of aliphatic carboxylic acids is 1. The van der Waals surface area contributed by atoms with Gasteiger partial charge in [0, 0.05) is 18.3 Å². The van der Waals surface area contributed by atoms with Crippen LogP contribution in [0.15, 0.2) is 12.2 Å². The lowest BCUT2D eigenvalue weighted by molar-refractivity contribution is -0.309. The smallest absolute Gasteiger partial charge is 0.312 e. The Balaban J connectivity index is 1.26. The molecule has 1 heterocycles. The van der Waals surface area contributed by atoms with Gasteiger partial charge in [-0.2, -0.15) is 0 Å². The molecule has 2 spiro atoms. The zero-order valence-corrected chi connectivity index (χ0v) is 28.0. The highest BCUT2D eigenvalue weighted by Crippen LogP contribution is 2.89. The highest BCUT2D eigenvalue weighted by Gasteiger charge is 2.86. The van der Waals surface area contributed by atoms with Crippen LogP contribution < -0.4 is 0 Å². The minimum Gasteiger partial charge on any atom is -0.481 e. The van der Waals surface area contributed by atoms with Crippen LogP contribution in [0, 0.1) is 56.7 Å². The molecule has 9 nitrogen and oxygen atoms in total. The number of carboxylic acids is 1. The van der Waals surface area contributed by atoms with Gasteiger partial charge in [-0.05, 0) is 103 Å². The minimum absolute atomic E-state index is 0.0282. The van der Waals surface area contributed by atoms with Crippen molar-refractivity contribution in [1.82, 2.24) is 0 Å². The van der Waals surface area contributed by atoms with Crippen LogP contribution in [0.2, 0.25) is 0 Å². The number of ether oxygens (including phenoxy) is 2. The van der Waals surface area contributed by atoms with E-state index in [2.05, 4.69) is 27.4 Å². The summed E-state index contributed by atoms with van der Waals surface area (Å²) in [7, 11) is 0. The molecule has 0 amide bonds. The molecule has 254 valence electrons. The molecule has 45 heavy (non-hydrogen) atoms. The molecule has 9 heteroatoms. The Morgan fingerprint density at radius 3 is 2.24 bits per heavy atom. The van der Waals surface area contributed by atoms with E-state index < -0.39 is 53.6 Å². The third-order valence-electron chi connectivity index (χ3n) is 15.3. The molecule has 5 aliphatic carbocycles. The molecular formula is C36H56O9. The van der Waals surface area contributed by atoms with Crippen molar-refractivity contribution in [1.29, 1.82) is 0 Å². The van der Waals surface area contributed by atoms with Crippen LogP contribution in [0.25, 0.3) is 0 Å². The van der Waals surface area contributed by atoms with E-state index in [0.29, 0.717) is 30.3 Å². The Hall–Kier alpha value is -1.36. The number of ketones is 1. The predicted molar refractivity (Wildman–Crippen MR) is 166 cm³/mol. The van der Waals surface area contributed by atoms with Crippen LogP contribution in [0.3, 0.4) is 0 Å². The summed E-state index contributed by atoms with van der Waals surface area (Å²) >= 11 is 0. The SMILES string of the molecule is C=C(C(=O)CC(C)C1CCC2(C)C3CCC4C(C)(C(=O)O)C(OC5OCC(O)C(O)C5O)CC(O)C45CC35CCC12C)C(C)C. The Labute approximate surface area is 267 Å². The Bertz CT molecular complexity index is 1230. The minimum atomic E-state index is -1.53. The number of carboxylic acid groups (broad SMARTS) is 1. The van der Waals surface area contributed by atoms with Gasteiger partial charge < -0.3 is 35.0 Å². The molecule has 5 N–H and O–H groups in total. The lowest BCUT2D eigenvalue weighted by Gasteiger charge is -2.64. The van der Waals surface area contributed by atoms with Crippen LogP contribution in [-0.4, -0.2) is 80.7 Å². The first kappa shape index (κ1) is 33.5. The van der Waals surface area contributed by atoms with Gasteiger partial charge in [0.1, 0.15) is 18.3 Å². The summed E-state index contributed by atoms with van der Waals surface area (Å²) in [5, 5.41) is 53.5. The van der Waals surface area contributed by atoms with Gasteiger partial charge in [-0.3, -0.25) is 9.59 Å². The van der Waals surface area contributed by atoms with Crippen LogP contribution in [0.1, 0.15) is 99.3 Å². The van der Waals surface area contributed by atoms with E-state index >= 15 is 0 Å². The van der Waals surface area contributed by atoms with Gasteiger partial charge in [0.25, 0.3) is 0 Å². The molecule has 0 bridgehead atoms. The molecule has 15 unspecified atom stereocenters. The second-order valence-corrected chi connectivity index (χ2v) is 17.0. The van der Waals surface area contributed by atoms with Crippen LogP contribution in [0.4, 0.5) is 0 Å². The molecular weight excluding hydrogens is 576 g/mol. The van der Waals surface area contributed by atoms with Crippen molar-refractivity contribution >= 4 is 11.8 Å². The van der Waals surface area contributed by atoms with E-state index in [9.17, 15) is 35.1 Å². The maximum absolute atomic E-state index is 13.2. The van der Waals surface area contributed by atoms with Gasteiger partial charge in [-0.25, -0.2) is 0 Å². The van der Waals surface area contributed by atoms with E-state index in [1.165, 1.54) is 0 Å². The number of Topliss-reactive ketones (excluding diaryl/α,β-unsaturated/α-hetero) is 1. The van der Waals surface area contributed by atoms with Crippen molar-refractivity contribution in [3.8, 4) is 0 Å². The second-order valence-electron chi connectivity index (χ2n) is 17.0. The van der Waals surface area contributed by atoms with Crippen molar-refractivity contribution in [2.24, 2.45) is 56.7 Å². The molecule has 1 aliphatic heterocycles. The van der Waals surface area contributed by atoms with Crippen molar-refractivity contribution in [2.75, 3.05) is 6.61 Å². The zero-order chi connectivity index (χ0) is 33.1. The Morgan fingerprint density at radius 1 is 0.933 bits per heavy atom. The first-order valence-electron chi connectivity index (χ1n) is 17.4. The average molecular weight is 633 g/mol. The maximum Gasteiger partial charge on any atom is 0.312 e. The van der Waals surface area contributed by atoms with Crippen LogP contribution in [-0.2, 0) is 19.1 Å². The zero-order valence-electron chi connectivity index (χ0n) is 28.0. The molecule has 1 saturated heterocycles. The molecule has 15 atom stereocenters. The van der Waals surface area contributed by atoms with Gasteiger partial charge >= 0.3 is 5.97 Å². The summed E-state index contributed by atoms with van der Waals surface area (Å²) in [6.07, 6.45) is -0.142. The summed E-state index contributed by atoms with van der Waals surface area (Å²) in [6, 6.07) is 0. The summed E-state index contributed by atoms with van der Waals surface area (Å²) < 4.78 is 11.7. The fraction of sp³-hybridized carbons (Fsp3) is 0.889. The number of carbonyl (C=O) groups excluding carboxylic acids is 1. The van der Waals surface area contributed by atoms with Gasteiger partial charge in [0.2, 0.25) is 0 Å². The highest BCUT2D eigenvalue weighted by molar-refractivity contribution is 5.95. The number of allylic oxidation sites excluding steroid dienone is 1. The number of aliphatic hydroxyl groups excluding tert-OH is 4. The number of carbonyl (C=O) groups is 2. The average Bonchev–Trinajstić information content (AvgIpc) is 3.59. The summed E-state index contributed by atoms with van der Waals surface area (Å²) in [6.45, 7) is 16.7. The number of hydrogen-bond donors (Lipinski definition) is 5. The normalized spacial score (nSPS) is 52.6. The first-order valence-corrected chi connectivity index (χ1v) is 17.4. The quantitative estimate of drug-likeness (QED) is 0.197. The lowest BCUT2D eigenvalue weighted by atomic mass is 9.41. The van der Waals surface area contributed by atoms with Crippen molar-refractivity contribution in [3.05, 3.63) is 12.2 Å². The first-order chi connectivity index (χ1) is 20.9. The molecule has 0 aromatic rings. The number of aliphatic hydroxyl groups is 4. The number of hydrogen-bond acceptors (Lipinski definition) is 8. The van der Waals surface area contributed by atoms with Crippen molar-refractivity contribution in [2.45, 2.75) is 136 Å². The van der Waals surface area contributed by atoms with E-state index in [-0.39, 0.29) is 52.8 Å². The second kappa shape index (κ2) is 10.8. The molecule has 0 aromatic heterocycles. The monoisotopic (exact) mass is 632 g/mol. The fourth-order valence-electron chi connectivity index (χ4n) is 12.4. The van der Waals surface area contributed by atoms with Crippen LogP contribution >= 0.6 is 0 Å². The van der Waals surface area contributed by atoms with E-state index in [1.807, 2.05) is 13.8 Å². The lowest BCUT2D eigenvalue weighted by Crippen LogP contribution is -2.65. The van der Waals surface area contributed by atoms with Gasteiger partial charge in [0.15, 0.2) is 12.1 Å². The largest absolute Gasteiger partial charge is 0.481 e. The molecule has 0 aromatic carbocycles. The standard InChI is InChI=1S/C36H56O9/c1-18(2)20(4)22(37)14-19(3)21-10-11-33(6)24-8-9-25-34(7,31(42)43)27(45-30-29(41)28(40)23(38)16-44-30)15-26(39)36(25)17-35(24,36)13-12-32(21,33)5/h18-19,21,23-30,38-41H,4,8-17H2,1-3,5-7H3,(H,42,43). The highest BCUT2D eigenvalue weighted by atomic mass is 16.7. The summed E-state index contributed by atoms with van der Waals surface area (Å²) in [5.41, 5.74) is -1.18. The van der Waals surface area contributed by atoms with E-state index in [0.717, 1.165) is 38.5 Å². The topological polar surface area (TPSA) is 154 Å². The predicted octanol–water partition coefficient (Wildman–Crippen LogP) is 4.09. The fourth-order valence-corrected chi connectivity index (χ4v) is 12.4.